The number of rotatable bonds is 3. The van der Waals surface area contributed by atoms with E-state index in [1.54, 1.807) is 4.90 Å². The highest BCUT2D eigenvalue weighted by atomic mass is 16.2. The second-order valence-electron chi connectivity index (χ2n) is 5.12. The van der Waals surface area contributed by atoms with Gasteiger partial charge in [-0.2, -0.15) is 0 Å². The molecule has 0 radical (unpaired) electrons. The molecule has 4 nitrogen and oxygen atoms in total. The number of hydrogen-bond donors (Lipinski definition) is 0. The summed E-state index contributed by atoms with van der Waals surface area (Å²) >= 11 is 0. The maximum absolute atomic E-state index is 12.5. The predicted octanol–water partition coefficient (Wildman–Crippen LogP) is 1.40. The van der Waals surface area contributed by atoms with Gasteiger partial charge in [0.2, 0.25) is 11.8 Å². The van der Waals surface area contributed by atoms with E-state index in [1.807, 2.05) is 18.7 Å². The molecule has 2 saturated heterocycles. The predicted molar refractivity (Wildman–Crippen MR) is 65.4 cm³/mol. The standard InChI is InChI=1S/C13H22N2O2/c1-4-9(3)15-10(5-2)12(16)14-8-6-7-11(14)13(15)17/h9-11H,4-8H2,1-3H3. The van der Waals surface area contributed by atoms with Crippen LogP contribution in [-0.2, 0) is 9.59 Å². The molecular formula is C13H22N2O2. The van der Waals surface area contributed by atoms with E-state index in [9.17, 15) is 9.59 Å². The topological polar surface area (TPSA) is 40.6 Å². The van der Waals surface area contributed by atoms with Crippen LogP contribution in [0.25, 0.3) is 0 Å². The molecule has 0 aromatic carbocycles. The second-order valence-corrected chi connectivity index (χ2v) is 5.12. The van der Waals surface area contributed by atoms with Gasteiger partial charge in [0.15, 0.2) is 0 Å². The smallest absolute Gasteiger partial charge is 0.246 e. The van der Waals surface area contributed by atoms with Crippen LogP contribution in [0.1, 0.15) is 46.5 Å². The summed E-state index contributed by atoms with van der Waals surface area (Å²) in [5, 5.41) is 0. The minimum absolute atomic E-state index is 0.162. The van der Waals surface area contributed by atoms with Gasteiger partial charge in [0, 0.05) is 12.6 Å². The van der Waals surface area contributed by atoms with E-state index in [2.05, 4.69) is 6.92 Å². The van der Waals surface area contributed by atoms with Crippen molar-refractivity contribution in [2.24, 2.45) is 0 Å². The Morgan fingerprint density at radius 2 is 2.00 bits per heavy atom. The molecule has 2 fully saturated rings. The average molecular weight is 238 g/mol. The van der Waals surface area contributed by atoms with Gasteiger partial charge in [-0.05, 0) is 32.6 Å². The molecule has 0 N–H and O–H groups in total. The van der Waals surface area contributed by atoms with Crippen molar-refractivity contribution in [3.63, 3.8) is 0 Å². The highest BCUT2D eigenvalue weighted by molar-refractivity contribution is 5.97. The number of carbonyl (C=O) groups excluding carboxylic acids is 2. The zero-order valence-corrected chi connectivity index (χ0v) is 11.0. The Kier molecular flexibility index (Phi) is 3.40. The molecule has 2 rings (SSSR count). The summed E-state index contributed by atoms with van der Waals surface area (Å²) in [5.41, 5.74) is 0. The summed E-state index contributed by atoms with van der Waals surface area (Å²) in [6.45, 7) is 6.86. The normalized spacial score (nSPS) is 30.8. The summed E-state index contributed by atoms with van der Waals surface area (Å²) in [6, 6.07) is -0.231. The molecular weight excluding hydrogens is 216 g/mol. The number of carbonyl (C=O) groups is 2. The van der Waals surface area contributed by atoms with Crippen LogP contribution in [0.15, 0.2) is 0 Å². The zero-order valence-electron chi connectivity index (χ0n) is 11.0. The fraction of sp³-hybridized carbons (Fsp3) is 0.846. The first-order valence-corrected chi connectivity index (χ1v) is 6.74. The van der Waals surface area contributed by atoms with E-state index in [4.69, 9.17) is 0 Å². The van der Waals surface area contributed by atoms with Crippen molar-refractivity contribution in [1.29, 1.82) is 0 Å². The lowest BCUT2D eigenvalue weighted by Gasteiger charge is -2.44. The second kappa shape index (κ2) is 4.67. The molecule has 2 aliphatic heterocycles. The monoisotopic (exact) mass is 238 g/mol. The third-order valence-electron chi connectivity index (χ3n) is 4.15. The van der Waals surface area contributed by atoms with Crippen molar-refractivity contribution in [2.45, 2.75) is 64.6 Å². The summed E-state index contributed by atoms with van der Waals surface area (Å²) in [6.07, 6.45) is 3.43. The minimum atomic E-state index is -0.230. The zero-order chi connectivity index (χ0) is 12.6. The van der Waals surface area contributed by atoms with Crippen molar-refractivity contribution in [1.82, 2.24) is 9.80 Å². The first-order valence-electron chi connectivity index (χ1n) is 6.74. The Morgan fingerprint density at radius 1 is 1.29 bits per heavy atom. The van der Waals surface area contributed by atoms with Gasteiger partial charge in [-0.1, -0.05) is 13.8 Å². The number of piperazine rings is 1. The highest BCUT2D eigenvalue weighted by Gasteiger charge is 2.47. The van der Waals surface area contributed by atoms with E-state index in [-0.39, 0.29) is 29.9 Å². The molecule has 0 aromatic heterocycles. The number of nitrogens with zero attached hydrogens (tertiary/aromatic N) is 2. The van der Waals surface area contributed by atoms with Crippen molar-refractivity contribution in [3.05, 3.63) is 0 Å². The number of hydrogen-bond acceptors (Lipinski definition) is 2. The summed E-state index contributed by atoms with van der Waals surface area (Å²) in [5.74, 6) is 0.332. The van der Waals surface area contributed by atoms with Crippen molar-refractivity contribution >= 4 is 11.8 Å². The SMILES string of the molecule is CCC(C)N1C(=O)C2CCCN2C(=O)C1CC. The molecule has 2 amide bonds. The Balaban J connectivity index is 2.30. The van der Waals surface area contributed by atoms with E-state index < -0.39 is 0 Å². The maximum Gasteiger partial charge on any atom is 0.246 e. The lowest BCUT2D eigenvalue weighted by Crippen LogP contribution is -2.64. The van der Waals surface area contributed by atoms with Crippen LogP contribution in [0.3, 0.4) is 0 Å². The summed E-state index contributed by atoms with van der Waals surface area (Å²) in [7, 11) is 0. The average Bonchev–Trinajstić information content (AvgIpc) is 2.82. The summed E-state index contributed by atoms with van der Waals surface area (Å²) in [4.78, 5) is 28.4. The van der Waals surface area contributed by atoms with Gasteiger partial charge in [-0.3, -0.25) is 9.59 Å². The Morgan fingerprint density at radius 3 is 2.59 bits per heavy atom. The third kappa shape index (κ3) is 1.83. The highest BCUT2D eigenvalue weighted by Crippen LogP contribution is 2.29. The maximum atomic E-state index is 12.5. The quantitative estimate of drug-likeness (QED) is 0.745. The molecule has 4 heteroatoms. The van der Waals surface area contributed by atoms with Crippen LogP contribution >= 0.6 is 0 Å². The molecule has 3 unspecified atom stereocenters. The number of amides is 2. The van der Waals surface area contributed by atoms with E-state index in [0.29, 0.717) is 0 Å². The first-order chi connectivity index (χ1) is 8.11. The van der Waals surface area contributed by atoms with Crippen molar-refractivity contribution in [2.75, 3.05) is 6.54 Å². The van der Waals surface area contributed by atoms with Gasteiger partial charge in [0.05, 0.1) is 0 Å². The largest absolute Gasteiger partial charge is 0.329 e. The van der Waals surface area contributed by atoms with E-state index in [1.165, 1.54) is 0 Å². The fourth-order valence-electron chi connectivity index (χ4n) is 3.02. The van der Waals surface area contributed by atoms with E-state index in [0.717, 1.165) is 32.2 Å². The van der Waals surface area contributed by atoms with Gasteiger partial charge in [-0.15, -0.1) is 0 Å². The minimum Gasteiger partial charge on any atom is -0.329 e. The lowest BCUT2D eigenvalue weighted by atomic mass is 10.00. The molecule has 2 heterocycles. The van der Waals surface area contributed by atoms with Crippen LogP contribution in [0.5, 0.6) is 0 Å². The molecule has 3 atom stereocenters. The Labute approximate surface area is 103 Å². The molecule has 96 valence electrons. The molecule has 17 heavy (non-hydrogen) atoms. The Bertz CT molecular complexity index is 329. The molecule has 0 spiro atoms. The van der Waals surface area contributed by atoms with Gasteiger partial charge >= 0.3 is 0 Å². The third-order valence-corrected chi connectivity index (χ3v) is 4.15. The molecule has 0 bridgehead atoms. The van der Waals surface area contributed by atoms with E-state index >= 15 is 0 Å². The summed E-state index contributed by atoms with van der Waals surface area (Å²) < 4.78 is 0. The molecule has 0 aromatic rings. The molecule has 0 saturated carbocycles. The van der Waals surface area contributed by atoms with Crippen LogP contribution < -0.4 is 0 Å². The van der Waals surface area contributed by atoms with Gasteiger partial charge in [-0.25, -0.2) is 0 Å². The van der Waals surface area contributed by atoms with Crippen LogP contribution in [-0.4, -0.2) is 46.3 Å². The van der Waals surface area contributed by atoms with Crippen molar-refractivity contribution < 1.29 is 9.59 Å². The lowest BCUT2D eigenvalue weighted by molar-refractivity contribution is -0.162. The van der Waals surface area contributed by atoms with Gasteiger partial charge < -0.3 is 9.80 Å². The first kappa shape index (κ1) is 12.4. The molecule has 0 aliphatic carbocycles. The van der Waals surface area contributed by atoms with Gasteiger partial charge in [0.25, 0.3) is 0 Å². The fourth-order valence-corrected chi connectivity index (χ4v) is 3.02. The Hall–Kier alpha value is -1.06. The van der Waals surface area contributed by atoms with Crippen molar-refractivity contribution in [3.8, 4) is 0 Å². The molecule has 2 aliphatic rings. The van der Waals surface area contributed by atoms with Gasteiger partial charge in [0.1, 0.15) is 12.1 Å². The van der Waals surface area contributed by atoms with Crippen LogP contribution in [0.4, 0.5) is 0 Å². The number of fused-ring (bicyclic) bond motifs is 1. The van der Waals surface area contributed by atoms with Crippen LogP contribution in [0.2, 0.25) is 0 Å². The van der Waals surface area contributed by atoms with Crippen LogP contribution in [0, 0.1) is 0 Å².